The Balaban J connectivity index is 1.33. The first-order valence-corrected chi connectivity index (χ1v) is 12.5. The van der Waals surface area contributed by atoms with Crippen LogP contribution < -0.4 is 10.6 Å². The molecule has 4 rings (SSSR count). The van der Waals surface area contributed by atoms with Crippen LogP contribution in [0.5, 0.6) is 0 Å². The van der Waals surface area contributed by atoms with E-state index in [9.17, 15) is 19.2 Å². The van der Waals surface area contributed by atoms with Crippen molar-refractivity contribution in [2.24, 2.45) is 0 Å². The van der Waals surface area contributed by atoms with Crippen LogP contribution in [0.3, 0.4) is 0 Å². The van der Waals surface area contributed by atoms with Gasteiger partial charge in [-0.2, -0.15) is 0 Å². The van der Waals surface area contributed by atoms with E-state index in [4.69, 9.17) is 16.3 Å². The molecule has 0 aromatic heterocycles. The van der Waals surface area contributed by atoms with Crippen LogP contribution in [0.15, 0.2) is 59.3 Å². The second kappa shape index (κ2) is 11.4. The fraction of sp³-hybridized carbons (Fsp3) is 0.333. The predicted molar refractivity (Wildman–Crippen MR) is 135 cm³/mol. The average molecular weight is 510 g/mol. The molecule has 1 fully saturated rings. The maximum Gasteiger partial charge on any atom is 0.338 e. The van der Waals surface area contributed by atoms with Crippen molar-refractivity contribution in [3.63, 3.8) is 0 Å². The van der Waals surface area contributed by atoms with Crippen molar-refractivity contribution in [3.05, 3.63) is 76.0 Å². The van der Waals surface area contributed by atoms with Gasteiger partial charge in [0.15, 0.2) is 0 Å². The summed E-state index contributed by atoms with van der Waals surface area (Å²) in [6.07, 6.45) is 4.75. The highest BCUT2D eigenvalue weighted by Gasteiger charge is 2.41. The van der Waals surface area contributed by atoms with E-state index < -0.39 is 11.9 Å². The predicted octanol–water partition coefficient (Wildman–Crippen LogP) is 4.36. The third-order valence-corrected chi connectivity index (χ3v) is 6.69. The molecule has 2 aromatic carbocycles. The highest BCUT2D eigenvalue weighted by atomic mass is 35.5. The zero-order valence-corrected chi connectivity index (χ0v) is 20.8. The normalized spacial score (nSPS) is 16.3. The molecular weight excluding hydrogens is 482 g/mol. The standard InChI is InChI=1S/C27H28ClN3O5/c1-2-36-27(35)19-12-14-20(15-13-19)30-24(32)18-10-8-17(9-11-18)16-29-23-22(28)25(33)31(26(23)34)21-6-4-3-5-7-21/h8-15,21,29H,2-7,16H2,1H3,(H,30,32). The smallest absolute Gasteiger partial charge is 0.338 e. The molecule has 1 aliphatic carbocycles. The highest BCUT2D eigenvalue weighted by Crippen LogP contribution is 2.30. The van der Waals surface area contributed by atoms with Gasteiger partial charge in [-0.15, -0.1) is 0 Å². The van der Waals surface area contributed by atoms with Crippen molar-refractivity contribution in [1.29, 1.82) is 0 Å². The SMILES string of the molecule is CCOC(=O)c1ccc(NC(=O)c2ccc(CNC3=C(Cl)C(=O)N(C4CCCCC4)C3=O)cc2)cc1. The first-order valence-electron chi connectivity index (χ1n) is 12.1. The van der Waals surface area contributed by atoms with Crippen molar-refractivity contribution in [1.82, 2.24) is 10.2 Å². The van der Waals surface area contributed by atoms with Crippen LogP contribution in [-0.2, 0) is 20.9 Å². The lowest BCUT2D eigenvalue weighted by Gasteiger charge is -2.29. The lowest BCUT2D eigenvalue weighted by Crippen LogP contribution is -2.43. The van der Waals surface area contributed by atoms with Crippen molar-refractivity contribution in [2.45, 2.75) is 51.6 Å². The number of nitrogens with zero attached hydrogens (tertiary/aromatic N) is 1. The lowest BCUT2D eigenvalue weighted by atomic mass is 9.94. The van der Waals surface area contributed by atoms with Crippen LogP contribution >= 0.6 is 11.6 Å². The van der Waals surface area contributed by atoms with E-state index in [1.807, 2.05) is 0 Å². The van der Waals surface area contributed by atoms with Crippen LogP contribution in [0.1, 0.15) is 65.3 Å². The lowest BCUT2D eigenvalue weighted by molar-refractivity contribution is -0.140. The topological polar surface area (TPSA) is 105 Å². The Labute approximate surface area is 214 Å². The zero-order valence-electron chi connectivity index (χ0n) is 20.0. The summed E-state index contributed by atoms with van der Waals surface area (Å²) in [5, 5.41) is 5.72. The number of hydrogen-bond donors (Lipinski definition) is 2. The molecule has 8 nitrogen and oxygen atoms in total. The summed E-state index contributed by atoms with van der Waals surface area (Å²) in [6, 6.07) is 13.2. The maximum absolute atomic E-state index is 12.9. The number of hydrogen-bond acceptors (Lipinski definition) is 6. The minimum atomic E-state index is -0.432. The molecule has 9 heteroatoms. The first kappa shape index (κ1) is 25.4. The largest absolute Gasteiger partial charge is 0.462 e. The first-order chi connectivity index (χ1) is 17.4. The van der Waals surface area contributed by atoms with Crippen LogP contribution in [0.2, 0.25) is 0 Å². The van der Waals surface area contributed by atoms with Crippen molar-refractivity contribution >= 4 is 41.0 Å². The number of carbonyl (C=O) groups is 4. The fourth-order valence-electron chi connectivity index (χ4n) is 4.42. The van der Waals surface area contributed by atoms with Gasteiger partial charge in [0.2, 0.25) is 0 Å². The van der Waals surface area contributed by atoms with Crippen molar-refractivity contribution in [3.8, 4) is 0 Å². The van der Waals surface area contributed by atoms with E-state index in [-0.39, 0.29) is 35.1 Å². The maximum atomic E-state index is 12.9. The Kier molecular flexibility index (Phi) is 8.05. The molecule has 1 aliphatic heterocycles. The van der Waals surface area contributed by atoms with Crippen LogP contribution in [-0.4, -0.2) is 41.2 Å². The summed E-state index contributed by atoms with van der Waals surface area (Å²) in [4.78, 5) is 51.1. The molecule has 0 bridgehead atoms. The van der Waals surface area contributed by atoms with E-state index in [0.29, 0.717) is 23.4 Å². The van der Waals surface area contributed by atoms with Gasteiger partial charge in [0.1, 0.15) is 10.7 Å². The number of ether oxygens (including phenoxy) is 1. The Hall–Kier alpha value is -3.65. The third-order valence-electron chi connectivity index (χ3n) is 6.34. The van der Waals surface area contributed by atoms with Crippen LogP contribution in [0, 0.1) is 0 Å². The van der Waals surface area contributed by atoms with E-state index in [1.54, 1.807) is 55.5 Å². The molecule has 2 aromatic rings. The minimum absolute atomic E-state index is 0.0736. The third kappa shape index (κ3) is 5.60. The number of carbonyl (C=O) groups excluding carboxylic acids is 4. The Bertz CT molecular complexity index is 1180. The molecule has 0 unspecified atom stereocenters. The minimum Gasteiger partial charge on any atom is -0.462 e. The second-order valence-electron chi connectivity index (χ2n) is 8.76. The summed E-state index contributed by atoms with van der Waals surface area (Å²) in [5.41, 5.74) is 2.35. The Morgan fingerprint density at radius 3 is 2.22 bits per heavy atom. The van der Waals surface area contributed by atoms with E-state index in [1.165, 1.54) is 4.90 Å². The number of halogens is 1. The van der Waals surface area contributed by atoms with Gasteiger partial charge in [0.05, 0.1) is 12.2 Å². The molecule has 0 radical (unpaired) electrons. The monoisotopic (exact) mass is 509 g/mol. The van der Waals surface area contributed by atoms with Crippen LogP contribution in [0.25, 0.3) is 0 Å². The molecule has 1 heterocycles. The number of benzene rings is 2. The summed E-state index contributed by atoms with van der Waals surface area (Å²) in [7, 11) is 0. The molecule has 0 saturated heterocycles. The molecule has 2 aliphatic rings. The van der Waals surface area contributed by atoms with Crippen LogP contribution in [0.4, 0.5) is 5.69 Å². The molecule has 36 heavy (non-hydrogen) atoms. The van der Waals surface area contributed by atoms with Gasteiger partial charge in [-0.1, -0.05) is 43.0 Å². The summed E-state index contributed by atoms with van der Waals surface area (Å²) in [6.45, 7) is 2.31. The molecular formula is C27H28ClN3O5. The van der Waals surface area contributed by atoms with Gasteiger partial charge in [-0.3, -0.25) is 19.3 Å². The van der Waals surface area contributed by atoms with Gasteiger partial charge >= 0.3 is 5.97 Å². The van der Waals surface area contributed by atoms with Crippen molar-refractivity contribution < 1.29 is 23.9 Å². The van der Waals surface area contributed by atoms with Gasteiger partial charge in [-0.05, 0) is 61.7 Å². The average Bonchev–Trinajstić information content (AvgIpc) is 3.11. The van der Waals surface area contributed by atoms with Gasteiger partial charge in [0.25, 0.3) is 17.7 Å². The van der Waals surface area contributed by atoms with Gasteiger partial charge < -0.3 is 15.4 Å². The number of nitrogens with one attached hydrogen (secondary N) is 2. The number of imide groups is 1. The molecule has 3 amide bonds. The summed E-state index contributed by atoms with van der Waals surface area (Å²) in [5.74, 6) is -1.52. The van der Waals surface area contributed by atoms with E-state index in [0.717, 1.165) is 37.7 Å². The fourth-order valence-corrected chi connectivity index (χ4v) is 4.65. The molecule has 0 spiro atoms. The number of esters is 1. The molecule has 0 atom stereocenters. The quantitative estimate of drug-likeness (QED) is 0.405. The van der Waals surface area contributed by atoms with Gasteiger partial charge in [-0.25, -0.2) is 4.79 Å². The number of anilines is 1. The second-order valence-corrected chi connectivity index (χ2v) is 9.14. The molecule has 2 N–H and O–H groups in total. The molecule has 188 valence electrons. The number of amides is 3. The summed E-state index contributed by atoms with van der Waals surface area (Å²) < 4.78 is 4.95. The van der Waals surface area contributed by atoms with Crippen molar-refractivity contribution in [2.75, 3.05) is 11.9 Å². The highest BCUT2D eigenvalue weighted by molar-refractivity contribution is 6.47. The zero-order chi connectivity index (χ0) is 25.7. The molecule has 1 saturated carbocycles. The Morgan fingerprint density at radius 1 is 0.944 bits per heavy atom. The number of rotatable bonds is 8. The van der Waals surface area contributed by atoms with Gasteiger partial charge in [0, 0.05) is 23.8 Å². The Morgan fingerprint density at radius 2 is 1.58 bits per heavy atom. The van der Waals surface area contributed by atoms with E-state index in [2.05, 4.69) is 10.6 Å². The summed E-state index contributed by atoms with van der Waals surface area (Å²) >= 11 is 6.22. The van der Waals surface area contributed by atoms with E-state index >= 15 is 0 Å².